The number of hydrogen-bond donors (Lipinski definition) is 1. The lowest BCUT2D eigenvalue weighted by atomic mass is 9.92. The third-order valence-electron chi connectivity index (χ3n) is 4.24. The van der Waals surface area contributed by atoms with Gasteiger partial charge in [-0.25, -0.2) is 0 Å². The summed E-state index contributed by atoms with van der Waals surface area (Å²) in [6, 6.07) is 5.35. The fourth-order valence-electron chi connectivity index (χ4n) is 3.21. The highest BCUT2D eigenvalue weighted by molar-refractivity contribution is 7.10. The number of nitrogens with one attached hydrogen (secondary N) is 1. The number of hydrogen-bond acceptors (Lipinski definition) is 3. The second kappa shape index (κ2) is 6.10. The van der Waals surface area contributed by atoms with E-state index in [2.05, 4.69) is 48.1 Å². The molecule has 108 valence electrons. The molecular weight excluding hydrogens is 266 g/mol. The monoisotopic (exact) mass is 289 g/mol. The maximum absolute atomic E-state index is 4.44. The van der Waals surface area contributed by atoms with Gasteiger partial charge < -0.3 is 5.32 Å². The summed E-state index contributed by atoms with van der Waals surface area (Å²) < 4.78 is 2.04. The van der Waals surface area contributed by atoms with Crippen LogP contribution < -0.4 is 5.32 Å². The van der Waals surface area contributed by atoms with E-state index in [0.29, 0.717) is 12.1 Å². The zero-order valence-corrected chi connectivity index (χ0v) is 13.1. The summed E-state index contributed by atoms with van der Waals surface area (Å²) in [6.45, 7) is 2.26. The van der Waals surface area contributed by atoms with E-state index in [0.717, 1.165) is 0 Å². The molecule has 0 spiro atoms. The van der Waals surface area contributed by atoms with Crippen LogP contribution in [0.5, 0.6) is 0 Å². The number of nitrogens with zero attached hydrogens (tertiary/aromatic N) is 2. The Morgan fingerprint density at radius 3 is 3.20 bits per heavy atom. The van der Waals surface area contributed by atoms with Gasteiger partial charge in [-0.2, -0.15) is 5.10 Å². The molecule has 1 aliphatic rings. The minimum absolute atomic E-state index is 0.464. The van der Waals surface area contributed by atoms with Crippen molar-refractivity contribution in [2.75, 3.05) is 0 Å². The van der Waals surface area contributed by atoms with Crippen LogP contribution in [0.3, 0.4) is 0 Å². The number of rotatable bonds is 5. The fraction of sp³-hybridized carbons (Fsp3) is 0.562. The summed E-state index contributed by atoms with van der Waals surface area (Å²) in [4.78, 5) is 1.46. The summed E-state index contributed by atoms with van der Waals surface area (Å²) in [5, 5.41) is 10.5. The summed E-state index contributed by atoms with van der Waals surface area (Å²) in [7, 11) is 2.06. The molecule has 0 radical (unpaired) electrons. The minimum Gasteiger partial charge on any atom is -0.302 e. The van der Waals surface area contributed by atoms with Crippen LogP contribution in [0, 0.1) is 0 Å². The molecule has 0 aromatic carbocycles. The van der Waals surface area contributed by atoms with Crippen LogP contribution in [0.1, 0.15) is 60.8 Å². The van der Waals surface area contributed by atoms with Gasteiger partial charge in [-0.1, -0.05) is 19.4 Å². The van der Waals surface area contributed by atoms with Gasteiger partial charge in [-0.15, -0.1) is 11.3 Å². The maximum atomic E-state index is 4.44. The van der Waals surface area contributed by atoms with E-state index < -0.39 is 0 Å². The largest absolute Gasteiger partial charge is 0.302 e. The van der Waals surface area contributed by atoms with Crippen LogP contribution in [0.25, 0.3) is 0 Å². The summed E-state index contributed by atoms with van der Waals surface area (Å²) in [5.74, 6) is 0. The third kappa shape index (κ3) is 2.67. The first-order chi connectivity index (χ1) is 9.79. The molecule has 2 heterocycles. The molecule has 0 amide bonds. The first kappa shape index (κ1) is 13.8. The molecule has 2 atom stereocenters. The SMILES string of the molecule is CCCC(NC1CCCc2c1cnn2C)c1cccs1. The second-order valence-corrected chi connectivity index (χ2v) is 6.62. The first-order valence-electron chi connectivity index (χ1n) is 7.59. The lowest BCUT2D eigenvalue weighted by molar-refractivity contribution is 0.384. The van der Waals surface area contributed by atoms with Crippen molar-refractivity contribution in [3.8, 4) is 0 Å². The molecule has 4 heteroatoms. The Bertz CT molecular complexity index is 544. The number of fused-ring (bicyclic) bond motifs is 1. The van der Waals surface area contributed by atoms with Crippen molar-refractivity contribution < 1.29 is 0 Å². The molecule has 0 bridgehead atoms. The molecule has 0 saturated heterocycles. The summed E-state index contributed by atoms with van der Waals surface area (Å²) in [6.07, 6.45) is 8.12. The number of aryl methyl sites for hydroxylation is 1. The molecule has 0 fully saturated rings. The standard InChI is InChI=1S/C16H23N3S/c1-3-6-14(16-9-5-10-20-16)18-13-7-4-8-15-12(13)11-17-19(15)2/h5,9-11,13-14,18H,3-4,6-8H2,1-2H3. The highest BCUT2D eigenvalue weighted by Gasteiger charge is 2.25. The topological polar surface area (TPSA) is 29.9 Å². The van der Waals surface area contributed by atoms with Crippen molar-refractivity contribution in [2.24, 2.45) is 7.05 Å². The van der Waals surface area contributed by atoms with Gasteiger partial charge in [0.15, 0.2) is 0 Å². The predicted octanol–water partition coefficient (Wildman–Crippen LogP) is 3.99. The van der Waals surface area contributed by atoms with Crippen molar-refractivity contribution in [3.63, 3.8) is 0 Å². The molecule has 0 aliphatic heterocycles. The molecule has 2 aromatic rings. The van der Waals surface area contributed by atoms with Crippen molar-refractivity contribution in [3.05, 3.63) is 39.8 Å². The van der Waals surface area contributed by atoms with Crippen molar-refractivity contribution in [1.29, 1.82) is 0 Å². The molecule has 1 aliphatic carbocycles. The first-order valence-corrected chi connectivity index (χ1v) is 8.47. The summed E-state index contributed by atoms with van der Waals surface area (Å²) >= 11 is 1.86. The van der Waals surface area contributed by atoms with E-state index >= 15 is 0 Å². The molecule has 2 aromatic heterocycles. The lowest BCUT2D eigenvalue weighted by Crippen LogP contribution is -2.28. The second-order valence-electron chi connectivity index (χ2n) is 5.64. The van der Waals surface area contributed by atoms with Gasteiger partial charge in [-0.05, 0) is 37.1 Å². The molecule has 2 unspecified atom stereocenters. The van der Waals surface area contributed by atoms with E-state index in [-0.39, 0.29) is 0 Å². The average Bonchev–Trinajstić information content (AvgIpc) is 3.09. The van der Waals surface area contributed by atoms with Crippen LogP contribution in [-0.4, -0.2) is 9.78 Å². The minimum atomic E-state index is 0.464. The molecule has 0 saturated carbocycles. The van der Waals surface area contributed by atoms with Crippen molar-refractivity contribution >= 4 is 11.3 Å². The quantitative estimate of drug-likeness (QED) is 0.902. The maximum Gasteiger partial charge on any atom is 0.0540 e. The van der Waals surface area contributed by atoms with Crippen molar-refractivity contribution in [2.45, 2.75) is 51.1 Å². The van der Waals surface area contributed by atoms with E-state index in [9.17, 15) is 0 Å². The molecule has 20 heavy (non-hydrogen) atoms. The molecular formula is C16H23N3S. The smallest absolute Gasteiger partial charge is 0.0540 e. The van der Waals surface area contributed by atoms with Gasteiger partial charge in [0.2, 0.25) is 0 Å². The third-order valence-corrected chi connectivity index (χ3v) is 5.23. The van der Waals surface area contributed by atoms with Gasteiger partial charge in [-0.3, -0.25) is 4.68 Å². The van der Waals surface area contributed by atoms with Gasteiger partial charge in [0.25, 0.3) is 0 Å². The average molecular weight is 289 g/mol. The Hall–Kier alpha value is -1.13. The van der Waals surface area contributed by atoms with E-state index in [4.69, 9.17) is 0 Å². The van der Waals surface area contributed by atoms with Crippen LogP contribution in [0.15, 0.2) is 23.7 Å². The van der Waals surface area contributed by atoms with Crippen LogP contribution in [-0.2, 0) is 13.5 Å². The van der Waals surface area contributed by atoms with Gasteiger partial charge in [0.1, 0.15) is 0 Å². The Kier molecular flexibility index (Phi) is 4.22. The fourth-order valence-corrected chi connectivity index (χ4v) is 4.03. The Labute approximate surface area is 125 Å². The Morgan fingerprint density at radius 2 is 2.45 bits per heavy atom. The molecule has 3 nitrogen and oxygen atoms in total. The normalized spacial score (nSPS) is 19.8. The Morgan fingerprint density at radius 1 is 1.55 bits per heavy atom. The zero-order chi connectivity index (χ0) is 13.9. The van der Waals surface area contributed by atoms with Crippen LogP contribution in [0.2, 0.25) is 0 Å². The van der Waals surface area contributed by atoms with Crippen LogP contribution in [0.4, 0.5) is 0 Å². The van der Waals surface area contributed by atoms with E-state index in [1.54, 1.807) is 0 Å². The number of thiophene rings is 1. The molecule has 3 rings (SSSR count). The Balaban J connectivity index is 1.79. The highest BCUT2D eigenvalue weighted by atomic mass is 32.1. The van der Waals surface area contributed by atoms with E-state index in [1.807, 2.05) is 16.0 Å². The van der Waals surface area contributed by atoms with Crippen LogP contribution >= 0.6 is 11.3 Å². The van der Waals surface area contributed by atoms with Gasteiger partial charge in [0.05, 0.1) is 6.20 Å². The van der Waals surface area contributed by atoms with Gasteiger partial charge in [0, 0.05) is 35.3 Å². The molecule has 1 N–H and O–H groups in total. The zero-order valence-electron chi connectivity index (χ0n) is 12.3. The predicted molar refractivity (Wildman–Crippen MR) is 84.0 cm³/mol. The van der Waals surface area contributed by atoms with E-state index in [1.165, 1.54) is 48.2 Å². The van der Waals surface area contributed by atoms with Crippen molar-refractivity contribution in [1.82, 2.24) is 15.1 Å². The summed E-state index contributed by atoms with van der Waals surface area (Å²) in [5.41, 5.74) is 2.83. The number of aromatic nitrogens is 2. The highest BCUT2D eigenvalue weighted by Crippen LogP contribution is 2.33. The lowest BCUT2D eigenvalue weighted by Gasteiger charge is -2.28. The van der Waals surface area contributed by atoms with Gasteiger partial charge >= 0.3 is 0 Å².